The van der Waals surface area contributed by atoms with E-state index in [0.717, 1.165) is 11.3 Å². The normalized spacial score (nSPS) is 10.6. The number of aromatic hydroxyl groups is 1. The molecule has 0 unspecified atom stereocenters. The molecule has 2 aromatic carbocycles. The second kappa shape index (κ2) is 8.25. The van der Waals surface area contributed by atoms with Crippen molar-refractivity contribution in [3.05, 3.63) is 56.9 Å². The number of hydrogen-bond acceptors (Lipinski definition) is 5. The lowest BCUT2D eigenvalue weighted by Gasteiger charge is -2.07. The van der Waals surface area contributed by atoms with Crippen molar-refractivity contribution in [2.75, 3.05) is 11.9 Å². The molecular weight excluding hydrogens is 392 g/mol. The first-order valence-electron chi connectivity index (χ1n) is 7.18. The summed E-state index contributed by atoms with van der Waals surface area (Å²) >= 11 is 3.06. The molecule has 9 heteroatoms. The third-order valence-corrected chi connectivity index (χ3v) is 3.88. The number of nitrogens with one attached hydrogen (secondary N) is 2. The van der Waals surface area contributed by atoms with Crippen molar-refractivity contribution < 1.29 is 20.0 Å². The van der Waals surface area contributed by atoms with Crippen molar-refractivity contribution in [2.45, 2.75) is 6.92 Å². The van der Waals surface area contributed by atoms with Crippen LogP contribution < -0.4 is 10.7 Å². The molecule has 0 aliphatic heterocycles. The maximum Gasteiger partial charge on any atom is 0.318 e. The van der Waals surface area contributed by atoms with Gasteiger partial charge < -0.3 is 10.4 Å². The molecule has 1 amide bonds. The summed E-state index contributed by atoms with van der Waals surface area (Å²) in [7, 11) is 0. The Labute approximate surface area is 151 Å². The molecule has 0 saturated carbocycles. The van der Waals surface area contributed by atoms with Crippen LogP contribution in [0.2, 0.25) is 0 Å². The monoisotopic (exact) mass is 407 g/mol. The minimum absolute atomic E-state index is 0.0168. The third-order valence-electron chi connectivity index (χ3n) is 3.28. The van der Waals surface area contributed by atoms with Gasteiger partial charge in [0.15, 0.2) is 0 Å². The Morgan fingerprint density at radius 2 is 2.08 bits per heavy atom. The minimum atomic E-state index is -0.387. The molecule has 0 aliphatic carbocycles. The van der Waals surface area contributed by atoms with Gasteiger partial charge in [0.1, 0.15) is 5.75 Å². The second-order valence-electron chi connectivity index (χ2n) is 5.10. The number of benzene rings is 2. The molecule has 0 radical (unpaired) electrons. The zero-order valence-electron chi connectivity index (χ0n) is 13.2. The second-order valence-corrected chi connectivity index (χ2v) is 5.95. The zero-order chi connectivity index (χ0) is 18.4. The Balaban J connectivity index is 1.97. The fourth-order valence-electron chi connectivity index (χ4n) is 1.97. The molecule has 0 atom stereocenters. The zero-order valence-corrected chi connectivity index (χ0v) is 14.8. The summed E-state index contributed by atoms with van der Waals surface area (Å²) in [6.45, 7) is 1.94. The Kier molecular flexibility index (Phi) is 6.07. The van der Waals surface area contributed by atoms with E-state index in [0.29, 0.717) is 0 Å². The predicted molar refractivity (Wildman–Crippen MR) is 96.3 cm³/mol. The molecule has 2 aromatic rings. The minimum Gasteiger partial charge on any atom is -0.506 e. The van der Waals surface area contributed by atoms with Crippen LogP contribution in [0.5, 0.6) is 5.75 Å². The van der Waals surface area contributed by atoms with E-state index in [1.54, 1.807) is 0 Å². The van der Waals surface area contributed by atoms with Crippen molar-refractivity contribution >= 4 is 39.4 Å². The molecule has 4 N–H and O–H groups in total. The molecular formula is C16H16BrN4O4+. The van der Waals surface area contributed by atoms with Crippen LogP contribution in [0, 0.1) is 11.8 Å². The van der Waals surface area contributed by atoms with Crippen molar-refractivity contribution in [3.8, 4) is 5.75 Å². The maximum absolute atomic E-state index is 11.8. The Morgan fingerprint density at radius 1 is 1.36 bits per heavy atom. The summed E-state index contributed by atoms with van der Waals surface area (Å²) in [5, 5.41) is 25.5. The van der Waals surface area contributed by atoms with Crippen molar-refractivity contribution in [2.24, 2.45) is 5.10 Å². The van der Waals surface area contributed by atoms with Crippen LogP contribution in [-0.2, 0) is 4.79 Å². The lowest BCUT2D eigenvalue weighted by molar-refractivity contribution is -0.729. The average molecular weight is 408 g/mol. The van der Waals surface area contributed by atoms with Crippen LogP contribution in [-0.4, -0.2) is 33.9 Å². The van der Waals surface area contributed by atoms with Crippen molar-refractivity contribution in [1.29, 1.82) is 0 Å². The van der Waals surface area contributed by atoms with Crippen LogP contribution in [0.15, 0.2) is 46.0 Å². The lowest BCUT2D eigenvalue weighted by atomic mass is 10.2. The number of carbonyl (C=O) groups is 1. The molecule has 0 aromatic heterocycles. The van der Waals surface area contributed by atoms with Gasteiger partial charge in [-0.2, -0.15) is 5.10 Å². The molecule has 0 aliphatic rings. The first-order valence-corrected chi connectivity index (χ1v) is 7.98. The Morgan fingerprint density at radius 3 is 2.76 bits per heavy atom. The number of hydrazone groups is 1. The molecule has 0 heterocycles. The highest BCUT2D eigenvalue weighted by Crippen LogP contribution is 2.31. The molecule has 0 bridgehead atoms. The number of hydrogen-bond donors (Lipinski definition) is 4. The van der Waals surface area contributed by atoms with E-state index in [1.807, 2.05) is 31.2 Å². The highest BCUT2D eigenvalue weighted by molar-refractivity contribution is 9.10. The first-order chi connectivity index (χ1) is 11.9. The van der Waals surface area contributed by atoms with Gasteiger partial charge in [0.2, 0.25) is 0 Å². The summed E-state index contributed by atoms with van der Waals surface area (Å²) in [6.07, 6.45) is 1.17. The van der Waals surface area contributed by atoms with E-state index in [4.69, 9.17) is 5.21 Å². The lowest BCUT2D eigenvalue weighted by Crippen LogP contribution is -2.26. The van der Waals surface area contributed by atoms with E-state index in [2.05, 4.69) is 31.8 Å². The molecule has 0 spiro atoms. The van der Waals surface area contributed by atoms with Gasteiger partial charge in [-0.05, 0) is 34.5 Å². The van der Waals surface area contributed by atoms with Gasteiger partial charge in [0.05, 0.1) is 22.1 Å². The van der Waals surface area contributed by atoms with Crippen molar-refractivity contribution in [3.63, 3.8) is 0 Å². The number of phenolic OH excluding ortho intramolecular Hbond substituents is 1. The average Bonchev–Trinajstić information content (AvgIpc) is 2.57. The molecule has 8 nitrogen and oxygen atoms in total. The molecule has 0 fully saturated rings. The van der Waals surface area contributed by atoms with Gasteiger partial charge in [-0.3, -0.25) is 4.79 Å². The summed E-state index contributed by atoms with van der Waals surface area (Å²) in [5.74, 6) is -0.566. The number of para-hydroxylation sites is 1. The van der Waals surface area contributed by atoms with Crippen LogP contribution in [0.3, 0.4) is 0 Å². The summed E-state index contributed by atoms with van der Waals surface area (Å²) < 4.78 is 0.203. The largest absolute Gasteiger partial charge is 0.506 e. The number of carbonyl (C=O) groups excluding carboxylic acids is 1. The number of aryl methyl sites for hydroxylation is 1. The van der Waals surface area contributed by atoms with Gasteiger partial charge in [-0.25, -0.2) is 10.6 Å². The third kappa shape index (κ3) is 5.01. The Hall–Kier alpha value is -2.94. The molecule has 130 valence electrons. The van der Waals surface area contributed by atoms with Crippen LogP contribution in [0.25, 0.3) is 0 Å². The molecule has 0 saturated heterocycles. The summed E-state index contributed by atoms with van der Waals surface area (Å²) in [5.41, 5.74) is 4.20. The SMILES string of the molecule is Cc1ccccc1NCC(=O)N/N=C\c1cc([N+](=O)O)cc(Br)c1O. The quantitative estimate of drug-likeness (QED) is 0.434. The van der Waals surface area contributed by atoms with Gasteiger partial charge in [0.25, 0.3) is 10.8 Å². The molecule has 2 rings (SSSR count). The highest BCUT2D eigenvalue weighted by atomic mass is 79.9. The van der Waals surface area contributed by atoms with Crippen LogP contribution >= 0.6 is 15.9 Å². The summed E-state index contributed by atoms with van der Waals surface area (Å²) in [6, 6.07) is 10.0. The van der Waals surface area contributed by atoms with Crippen LogP contribution in [0.4, 0.5) is 11.4 Å². The topological polar surface area (TPSA) is 114 Å². The standard InChI is InChI=1S/C16H15BrN4O4/c1-10-4-2-3-5-14(10)18-9-15(22)20-19-8-11-6-12(21(24)25)7-13(17)16(11)23/h2-8,18H,9H2,1H3,(H2-,19,20,22,23,24,25)/p+1. The number of nitrogens with zero attached hydrogens (tertiary/aromatic N) is 2. The number of rotatable bonds is 6. The number of amides is 1. The van der Waals surface area contributed by atoms with E-state index < -0.39 is 0 Å². The number of phenols is 1. The van der Waals surface area contributed by atoms with Gasteiger partial charge in [0, 0.05) is 23.4 Å². The Bertz CT molecular complexity index is 839. The van der Waals surface area contributed by atoms with Crippen LogP contribution in [0.1, 0.15) is 11.1 Å². The van der Waals surface area contributed by atoms with Crippen molar-refractivity contribution in [1.82, 2.24) is 5.43 Å². The first kappa shape index (κ1) is 18.4. The van der Waals surface area contributed by atoms with Gasteiger partial charge >= 0.3 is 5.69 Å². The van der Waals surface area contributed by atoms with E-state index >= 15 is 0 Å². The van der Waals surface area contributed by atoms with E-state index in [-0.39, 0.29) is 38.8 Å². The fourth-order valence-corrected chi connectivity index (χ4v) is 2.44. The smallest absolute Gasteiger partial charge is 0.318 e. The number of halogens is 1. The molecule has 25 heavy (non-hydrogen) atoms. The fraction of sp³-hybridized carbons (Fsp3) is 0.125. The predicted octanol–water partition coefficient (Wildman–Crippen LogP) is 2.82. The number of anilines is 1. The van der Waals surface area contributed by atoms with Gasteiger partial charge in [-0.15, -0.1) is 0 Å². The highest BCUT2D eigenvalue weighted by Gasteiger charge is 2.17. The summed E-state index contributed by atoms with van der Waals surface area (Å²) in [4.78, 5) is 22.4. The van der Waals surface area contributed by atoms with Gasteiger partial charge in [-0.1, -0.05) is 18.2 Å². The van der Waals surface area contributed by atoms with E-state index in [9.17, 15) is 14.8 Å². The van der Waals surface area contributed by atoms with E-state index in [1.165, 1.54) is 18.3 Å². The maximum atomic E-state index is 11.8.